The summed E-state index contributed by atoms with van der Waals surface area (Å²) in [5.74, 6) is -0.0742. The summed E-state index contributed by atoms with van der Waals surface area (Å²) in [5, 5.41) is 14.8. The first kappa shape index (κ1) is 15.4. The van der Waals surface area contributed by atoms with Crippen LogP contribution < -0.4 is 11.1 Å². The van der Waals surface area contributed by atoms with Crippen LogP contribution in [0, 0.1) is 0 Å². The molecule has 0 aliphatic carbocycles. The summed E-state index contributed by atoms with van der Waals surface area (Å²) in [4.78, 5) is 13.2. The van der Waals surface area contributed by atoms with Crippen LogP contribution >= 0.6 is 23.2 Å². The van der Waals surface area contributed by atoms with Gasteiger partial charge in [-0.1, -0.05) is 28.4 Å². The first-order valence-corrected chi connectivity index (χ1v) is 6.08. The van der Waals surface area contributed by atoms with Crippen molar-refractivity contribution >= 4 is 40.8 Å². The van der Waals surface area contributed by atoms with Crippen molar-refractivity contribution in [2.75, 3.05) is 12.4 Å². The Morgan fingerprint density at radius 3 is 2.74 bits per heavy atom. The highest BCUT2D eigenvalue weighted by Crippen LogP contribution is 2.25. The molecule has 0 fully saturated rings. The van der Waals surface area contributed by atoms with Crippen LogP contribution in [0.1, 0.15) is 6.92 Å². The van der Waals surface area contributed by atoms with E-state index in [2.05, 4.69) is 10.5 Å². The number of nitrogens with zero attached hydrogens (tertiary/aromatic N) is 2. The number of rotatable bonds is 3. The molecule has 8 heteroatoms. The fourth-order valence-electron chi connectivity index (χ4n) is 1.25. The Morgan fingerprint density at radius 1 is 1.53 bits per heavy atom. The third-order valence-corrected chi connectivity index (χ3v) is 3.18. The second kappa shape index (κ2) is 6.49. The van der Waals surface area contributed by atoms with Crippen molar-refractivity contribution in [2.45, 2.75) is 13.0 Å². The minimum absolute atomic E-state index is 0.0742. The van der Waals surface area contributed by atoms with E-state index < -0.39 is 12.1 Å². The SMILES string of the molecule is CC(C(N)=NO)N(C)C(=O)Nc1cc(Cl)ccc1Cl. The molecule has 0 saturated carbocycles. The molecule has 0 aliphatic heterocycles. The van der Waals surface area contributed by atoms with Gasteiger partial charge in [0.15, 0.2) is 5.84 Å². The molecule has 1 atom stereocenters. The molecule has 2 amide bonds. The summed E-state index contributed by atoms with van der Waals surface area (Å²) in [6.45, 7) is 1.62. The maximum atomic E-state index is 12.0. The number of carbonyl (C=O) groups excluding carboxylic acids is 1. The standard InChI is InChI=1S/C11H14Cl2N4O2/c1-6(10(14)16-19)17(2)11(18)15-9-5-7(12)3-4-8(9)13/h3-6,19H,1-2H3,(H2,14,16)(H,15,18). The molecule has 0 heterocycles. The predicted octanol–water partition coefficient (Wildman–Crippen LogP) is 2.59. The number of hydrogen-bond donors (Lipinski definition) is 3. The lowest BCUT2D eigenvalue weighted by molar-refractivity contribution is 0.217. The summed E-state index contributed by atoms with van der Waals surface area (Å²) in [5.41, 5.74) is 5.82. The van der Waals surface area contributed by atoms with Gasteiger partial charge in [0.05, 0.1) is 16.8 Å². The van der Waals surface area contributed by atoms with E-state index in [4.69, 9.17) is 34.1 Å². The quantitative estimate of drug-likeness (QED) is 0.347. The van der Waals surface area contributed by atoms with Gasteiger partial charge < -0.3 is 21.2 Å². The first-order valence-electron chi connectivity index (χ1n) is 5.33. The van der Waals surface area contributed by atoms with Gasteiger partial charge in [0.1, 0.15) is 0 Å². The summed E-state index contributed by atoms with van der Waals surface area (Å²) >= 11 is 11.8. The predicted molar refractivity (Wildman–Crippen MR) is 76.1 cm³/mol. The lowest BCUT2D eigenvalue weighted by Crippen LogP contribution is -2.45. The van der Waals surface area contributed by atoms with Crippen LogP contribution in [-0.4, -0.2) is 35.1 Å². The Labute approximate surface area is 120 Å². The molecule has 1 rings (SSSR count). The minimum atomic E-state index is -0.567. The van der Waals surface area contributed by atoms with Crippen molar-refractivity contribution in [3.63, 3.8) is 0 Å². The Balaban J connectivity index is 2.82. The average Bonchev–Trinajstić information content (AvgIpc) is 2.40. The highest BCUT2D eigenvalue weighted by molar-refractivity contribution is 6.35. The first-order chi connectivity index (χ1) is 8.86. The highest BCUT2D eigenvalue weighted by Gasteiger charge is 2.20. The average molecular weight is 305 g/mol. The fourth-order valence-corrected chi connectivity index (χ4v) is 1.59. The second-order valence-corrected chi connectivity index (χ2v) is 4.71. The Bertz CT molecular complexity index is 507. The lowest BCUT2D eigenvalue weighted by atomic mass is 10.3. The number of nitrogens with two attached hydrogens (primary N) is 1. The van der Waals surface area contributed by atoms with Gasteiger partial charge in [0.25, 0.3) is 0 Å². The van der Waals surface area contributed by atoms with E-state index in [1.807, 2.05) is 0 Å². The van der Waals surface area contributed by atoms with Crippen LogP contribution in [0.5, 0.6) is 0 Å². The molecule has 4 N–H and O–H groups in total. The Kier molecular flexibility index (Phi) is 5.26. The van der Waals surface area contributed by atoms with Crippen LogP contribution in [0.15, 0.2) is 23.4 Å². The van der Waals surface area contributed by atoms with E-state index in [-0.39, 0.29) is 5.84 Å². The van der Waals surface area contributed by atoms with Gasteiger partial charge in [-0.25, -0.2) is 4.79 Å². The monoisotopic (exact) mass is 304 g/mol. The number of nitrogens with one attached hydrogen (secondary N) is 1. The molecule has 0 bridgehead atoms. The van der Waals surface area contributed by atoms with Crippen LogP contribution in [0.25, 0.3) is 0 Å². The largest absolute Gasteiger partial charge is 0.409 e. The number of benzene rings is 1. The molecule has 0 spiro atoms. The van der Waals surface area contributed by atoms with Crippen molar-refractivity contribution in [2.24, 2.45) is 10.9 Å². The van der Waals surface area contributed by atoms with Gasteiger partial charge in [0, 0.05) is 12.1 Å². The number of halogens is 2. The maximum Gasteiger partial charge on any atom is 0.322 e. The number of oxime groups is 1. The highest BCUT2D eigenvalue weighted by atomic mass is 35.5. The number of carbonyl (C=O) groups is 1. The van der Waals surface area contributed by atoms with Gasteiger partial charge in [-0.2, -0.15) is 0 Å². The van der Waals surface area contributed by atoms with Crippen molar-refractivity contribution in [3.05, 3.63) is 28.2 Å². The molecule has 19 heavy (non-hydrogen) atoms. The summed E-state index contributed by atoms with van der Waals surface area (Å²) in [6.07, 6.45) is 0. The number of hydrogen-bond acceptors (Lipinski definition) is 3. The number of likely N-dealkylation sites (N-methyl/N-ethyl adjacent to an activating group) is 1. The van der Waals surface area contributed by atoms with Crippen molar-refractivity contribution in [1.82, 2.24) is 4.90 Å². The number of anilines is 1. The molecule has 0 aromatic heterocycles. The second-order valence-electron chi connectivity index (χ2n) is 3.87. The van der Waals surface area contributed by atoms with Crippen molar-refractivity contribution in [1.29, 1.82) is 0 Å². The molecule has 104 valence electrons. The zero-order chi connectivity index (χ0) is 14.6. The van der Waals surface area contributed by atoms with E-state index in [1.54, 1.807) is 19.1 Å². The zero-order valence-electron chi connectivity index (χ0n) is 10.4. The fraction of sp³-hybridized carbons (Fsp3) is 0.273. The molecule has 1 unspecified atom stereocenters. The number of urea groups is 1. The van der Waals surface area contributed by atoms with Crippen LogP contribution in [0.2, 0.25) is 10.0 Å². The van der Waals surface area contributed by atoms with E-state index >= 15 is 0 Å². The molecule has 1 aromatic carbocycles. The molecular formula is C11H14Cl2N4O2. The van der Waals surface area contributed by atoms with E-state index in [1.165, 1.54) is 18.0 Å². The van der Waals surface area contributed by atoms with E-state index in [0.717, 1.165) is 0 Å². The number of amidine groups is 1. The van der Waals surface area contributed by atoms with Gasteiger partial charge >= 0.3 is 6.03 Å². The third kappa shape index (κ3) is 3.90. The lowest BCUT2D eigenvalue weighted by Gasteiger charge is -2.24. The normalized spacial score (nSPS) is 12.9. The van der Waals surface area contributed by atoms with Crippen molar-refractivity contribution in [3.8, 4) is 0 Å². The van der Waals surface area contributed by atoms with Gasteiger partial charge in [0.2, 0.25) is 0 Å². The zero-order valence-corrected chi connectivity index (χ0v) is 11.9. The summed E-state index contributed by atoms with van der Waals surface area (Å²) in [7, 11) is 1.51. The smallest absolute Gasteiger partial charge is 0.322 e. The Hall–Kier alpha value is -1.66. The Morgan fingerprint density at radius 2 is 2.16 bits per heavy atom. The maximum absolute atomic E-state index is 12.0. The molecule has 0 aliphatic rings. The molecule has 1 aromatic rings. The summed E-state index contributed by atoms with van der Waals surface area (Å²) in [6, 6.07) is 3.70. The topological polar surface area (TPSA) is 91.0 Å². The van der Waals surface area contributed by atoms with E-state index in [0.29, 0.717) is 15.7 Å². The van der Waals surface area contributed by atoms with Gasteiger partial charge in [-0.3, -0.25) is 0 Å². The van der Waals surface area contributed by atoms with Crippen molar-refractivity contribution < 1.29 is 10.0 Å². The molecular weight excluding hydrogens is 291 g/mol. The molecule has 6 nitrogen and oxygen atoms in total. The third-order valence-electron chi connectivity index (χ3n) is 2.61. The minimum Gasteiger partial charge on any atom is -0.409 e. The summed E-state index contributed by atoms with van der Waals surface area (Å²) < 4.78 is 0. The van der Waals surface area contributed by atoms with Crippen LogP contribution in [0.3, 0.4) is 0 Å². The van der Waals surface area contributed by atoms with Gasteiger partial charge in [-0.15, -0.1) is 0 Å². The molecule has 0 radical (unpaired) electrons. The van der Waals surface area contributed by atoms with E-state index in [9.17, 15) is 4.79 Å². The number of amides is 2. The van der Waals surface area contributed by atoms with Crippen LogP contribution in [-0.2, 0) is 0 Å². The van der Waals surface area contributed by atoms with Gasteiger partial charge in [-0.05, 0) is 25.1 Å². The molecule has 0 saturated heterocycles. The van der Waals surface area contributed by atoms with Crippen LogP contribution in [0.4, 0.5) is 10.5 Å².